The van der Waals surface area contributed by atoms with Crippen LogP contribution < -0.4 is 5.73 Å². The number of aliphatic imine (C=N–C) groups is 1. The van der Waals surface area contributed by atoms with Crippen LogP contribution >= 0.6 is 0 Å². The predicted molar refractivity (Wildman–Crippen MR) is 69.5 cm³/mol. The maximum atomic E-state index is 11.8. The van der Waals surface area contributed by atoms with Crippen LogP contribution in [0, 0.1) is 10.1 Å². The molecule has 7 nitrogen and oxygen atoms in total. The molecule has 0 aromatic heterocycles. The van der Waals surface area contributed by atoms with Crippen LogP contribution in [0.5, 0.6) is 0 Å². The van der Waals surface area contributed by atoms with Crippen LogP contribution in [0.2, 0.25) is 0 Å². The van der Waals surface area contributed by atoms with E-state index in [0.29, 0.717) is 5.56 Å². The van der Waals surface area contributed by atoms with Crippen LogP contribution in [0.25, 0.3) is 0 Å². The maximum Gasteiger partial charge on any atom is 0.269 e. The zero-order chi connectivity index (χ0) is 14.2. The number of nitrogens with two attached hydrogens (primary N) is 1. The van der Waals surface area contributed by atoms with Crippen LogP contribution in [0.3, 0.4) is 0 Å². The van der Waals surface area contributed by atoms with E-state index >= 15 is 0 Å². The molecule has 1 heterocycles. The van der Waals surface area contributed by atoms with E-state index in [4.69, 9.17) is 5.73 Å². The van der Waals surface area contributed by atoms with E-state index in [-0.39, 0.29) is 24.0 Å². The Bertz CT molecular complexity index is 584. The van der Waals surface area contributed by atoms with Gasteiger partial charge in [-0.25, -0.2) is 4.99 Å². The number of carbonyl (C=O) groups is 1. The van der Waals surface area contributed by atoms with Crippen molar-refractivity contribution in [3.63, 3.8) is 0 Å². The number of non-ortho nitro benzene ring substituents is 1. The Balaban J connectivity index is 2.48. The maximum absolute atomic E-state index is 11.8. The molecule has 2 N–H and O–H groups in total. The van der Waals surface area contributed by atoms with Crippen LogP contribution in [0.4, 0.5) is 5.69 Å². The van der Waals surface area contributed by atoms with Crippen molar-refractivity contribution in [3.8, 4) is 0 Å². The number of benzene rings is 1. The second-order valence-electron chi connectivity index (χ2n) is 4.68. The van der Waals surface area contributed by atoms with E-state index in [9.17, 15) is 14.9 Å². The van der Waals surface area contributed by atoms with Crippen LogP contribution in [0.15, 0.2) is 29.3 Å². The molecule has 0 fully saturated rings. The molecule has 1 aliphatic rings. The summed E-state index contributed by atoms with van der Waals surface area (Å²) in [5, 5.41) is 10.8. The zero-order valence-corrected chi connectivity index (χ0v) is 10.7. The number of rotatable bonds is 2. The molecule has 0 bridgehead atoms. The predicted octanol–water partition coefficient (Wildman–Crippen LogP) is 0.987. The third-order valence-corrected chi connectivity index (χ3v) is 3.25. The molecule has 1 aromatic rings. The fraction of sp³-hybridized carbons (Fsp3) is 0.333. The molecule has 1 aliphatic heterocycles. The van der Waals surface area contributed by atoms with E-state index in [1.165, 1.54) is 17.0 Å². The topological polar surface area (TPSA) is 102 Å². The highest BCUT2D eigenvalue weighted by Crippen LogP contribution is 2.34. The molecule has 1 amide bonds. The Morgan fingerprint density at radius 3 is 2.79 bits per heavy atom. The molecule has 100 valence electrons. The highest BCUT2D eigenvalue weighted by molar-refractivity contribution is 5.98. The lowest BCUT2D eigenvalue weighted by molar-refractivity contribution is -0.385. The third kappa shape index (κ3) is 2.26. The minimum atomic E-state index is -0.861. The molecule has 0 aliphatic carbocycles. The molecule has 0 saturated carbocycles. The van der Waals surface area contributed by atoms with Gasteiger partial charge in [-0.3, -0.25) is 19.8 Å². The summed E-state index contributed by atoms with van der Waals surface area (Å²) in [6, 6.07) is 6.11. The number of nitrogens with zero attached hydrogens (tertiary/aromatic N) is 3. The van der Waals surface area contributed by atoms with E-state index < -0.39 is 10.5 Å². The number of guanidine groups is 1. The Kier molecular flexibility index (Phi) is 2.97. The largest absolute Gasteiger partial charge is 0.369 e. The average molecular weight is 262 g/mol. The van der Waals surface area contributed by atoms with Crippen LogP contribution in [-0.2, 0) is 10.3 Å². The summed E-state index contributed by atoms with van der Waals surface area (Å²) in [6.07, 6.45) is 0.130. The summed E-state index contributed by atoms with van der Waals surface area (Å²) in [7, 11) is 1.55. The lowest BCUT2D eigenvalue weighted by atomic mass is 9.87. The van der Waals surface area contributed by atoms with E-state index in [1.807, 2.05) is 0 Å². The van der Waals surface area contributed by atoms with Gasteiger partial charge < -0.3 is 5.73 Å². The minimum absolute atomic E-state index is 0.0288. The standard InChI is InChI=1S/C12H14N4O3/c1-12(7-10(17)15(2)11(13)14-12)8-4-3-5-9(6-8)16(18)19/h3-6H,7H2,1-2H3,(H2,13,14)/t12-/m0/s1. The van der Waals surface area contributed by atoms with Gasteiger partial charge in [-0.1, -0.05) is 12.1 Å². The number of carbonyl (C=O) groups excluding carboxylic acids is 1. The number of hydrogen-bond donors (Lipinski definition) is 1. The van der Waals surface area contributed by atoms with Crippen molar-refractivity contribution in [1.82, 2.24) is 4.90 Å². The third-order valence-electron chi connectivity index (χ3n) is 3.25. The van der Waals surface area contributed by atoms with Crippen molar-refractivity contribution in [2.45, 2.75) is 18.9 Å². The van der Waals surface area contributed by atoms with Gasteiger partial charge in [-0.2, -0.15) is 0 Å². The average Bonchev–Trinajstić information content (AvgIpc) is 2.36. The van der Waals surface area contributed by atoms with E-state index in [2.05, 4.69) is 4.99 Å². The smallest absolute Gasteiger partial charge is 0.269 e. The van der Waals surface area contributed by atoms with Crippen molar-refractivity contribution >= 4 is 17.6 Å². The number of nitro groups is 1. The fourth-order valence-electron chi connectivity index (χ4n) is 2.03. The minimum Gasteiger partial charge on any atom is -0.369 e. The molecule has 0 saturated heterocycles. The van der Waals surface area contributed by atoms with Gasteiger partial charge in [0.25, 0.3) is 5.69 Å². The summed E-state index contributed by atoms with van der Waals surface area (Å²) < 4.78 is 0. The number of hydrogen-bond acceptors (Lipinski definition) is 5. The second-order valence-corrected chi connectivity index (χ2v) is 4.68. The molecule has 19 heavy (non-hydrogen) atoms. The summed E-state index contributed by atoms with van der Waals surface area (Å²) in [5.74, 6) is -0.0493. The lowest BCUT2D eigenvalue weighted by Gasteiger charge is -2.33. The van der Waals surface area contributed by atoms with Crippen molar-refractivity contribution in [1.29, 1.82) is 0 Å². The van der Waals surface area contributed by atoms with Gasteiger partial charge >= 0.3 is 0 Å². The van der Waals surface area contributed by atoms with Gasteiger partial charge in [0.15, 0.2) is 5.96 Å². The molecule has 1 atom stereocenters. The number of amides is 1. The van der Waals surface area contributed by atoms with E-state index in [1.54, 1.807) is 26.1 Å². The van der Waals surface area contributed by atoms with Gasteiger partial charge in [-0.05, 0) is 12.5 Å². The van der Waals surface area contributed by atoms with Gasteiger partial charge in [-0.15, -0.1) is 0 Å². The normalized spacial score (nSPS) is 23.2. The summed E-state index contributed by atoms with van der Waals surface area (Å²) in [4.78, 5) is 27.7. The molecule has 7 heteroatoms. The van der Waals surface area contributed by atoms with Crippen LogP contribution in [0.1, 0.15) is 18.9 Å². The number of nitro benzene ring substituents is 1. The van der Waals surface area contributed by atoms with Crippen molar-refractivity contribution in [2.75, 3.05) is 7.05 Å². The monoisotopic (exact) mass is 262 g/mol. The van der Waals surface area contributed by atoms with Gasteiger partial charge in [0.1, 0.15) is 0 Å². The summed E-state index contributed by atoms with van der Waals surface area (Å²) >= 11 is 0. The second kappa shape index (κ2) is 4.34. The van der Waals surface area contributed by atoms with Crippen molar-refractivity contribution in [2.24, 2.45) is 10.7 Å². The fourth-order valence-corrected chi connectivity index (χ4v) is 2.03. The Morgan fingerprint density at radius 1 is 1.53 bits per heavy atom. The molecular formula is C12H14N4O3. The van der Waals surface area contributed by atoms with Crippen LogP contribution in [-0.4, -0.2) is 28.7 Å². The lowest BCUT2D eigenvalue weighted by Crippen LogP contribution is -2.47. The highest BCUT2D eigenvalue weighted by Gasteiger charge is 2.36. The molecule has 0 unspecified atom stereocenters. The molecular weight excluding hydrogens is 248 g/mol. The SMILES string of the molecule is CN1C(=O)C[C@@](C)(c2cccc([N+](=O)[O-])c2)N=C1N. The summed E-state index contributed by atoms with van der Waals surface area (Å²) in [6.45, 7) is 1.74. The van der Waals surface area contributed by atoms with Crippen molar-refractivity contribution in [3.05, 3.63) is 39.9 Å². The zero-order valence-electron chi connectivity index (χ0n) is 10.7. The van der Waals surface area contributed by atoms with E-state index in [0.717, 1.165) is 0 Å². The quantitative estimate of drug-likeness (QED) is 0.634. The first-order valence-electron chi connectivity index (χ1n) is 5.70. The summed E-state index contributed by atoms with van der Waals surface area (Å²) in [5.41, 5.74) is 5.41. The van der Waals surface area contributed by atoms with Gasteiger partial charge in [0.2, 0.25) is 5.91 Å². The Labute approximate surface area is 109 Å². The Hall–Kier alpha value is -2.44. The molecule has 0 radical (unpaired) electrons. The highest BCUT2D eigenvalue weighted by atomic mass is 16.6. The first-order valence-corrected chi connectivity index (χ1v) is 5.70. The molecule has 2 rings (SSSR count). The Morgan fingerprint density at radius 2 is 2.21 bits per heavy atom. The molecule has 0 spiro atoms. The first-order chi connectivity index (χ1) is 8.83. The van der Waals surface area contributed by atoms with Gasteiger partial charge in [0, 0.05) is 19.2 Å². The first kappa shape index (κ1) is 13.0. The van der Waals surface area contributed by atoms with Gasteiger partial charge in [0.05, 0.1) is 16.9 Å². The molecule has 1 aromatic carbocycles. The van der Waals surface area contributed by atoms with Crippen molar-refractivity contribution < 1.29 is 9.72 Å².